The summed E-state index contributed by atoms with van der Waals surface area (Å²) in [5.74, 6) is 0.466. The summed E-state index contributed by atoms with van der Waals surface area (Å²) >= 11 is 1.79. The van der Waals surface area contributed by atoms with Crippen LogP contribution in [0.5, 0.6) is 0 Å². The molecule has 2 heterocycles. The number of aryl methyl sites for hydroxylation is 1. The molecule has 0 spiro atoms. The van der Waals surface area contributed by atoms with Gasteiger partial charge >= 0.3 is 0 Å². The van der Waals surface area contributed by atoms with Crippen LogP contribution < -0.4 is 0 Å². The Hall–Kier alpha value is -2.14. The number of hydrogen-bond donors (Lipinski definition) is 0. The first-order valence-electron chi connectivity index (χ1n) is 10.3. The quantitative estimate of drug-likeness (QED) is 0.771. The van der Waals surface area contributed by atoms with Crippen LogP contribution in [0.4, 0.5) is 0 Å². The molecular weight excluding hydrogens is 368 g/mol. The summed E-state index contributed by atoms with van der Waals surface area (Å²) in [5.41, 5.74) is 3.66. The number of carbonyl (C=O) groups is 2. The number of carbonyl (C=O) groups excluding carboxylic acids is 2. The van der Waals surface area contributed by atoms with E-state index in [0.717, 1.165) is 38.6 Å². The summed E-state index contributed by atoms with van der Waals surface area (Å²) in [6, 6.07) is 10.8. The second-order valence-electron chi connectivity index (χ2n) is 8.37. The van der Waals surface area contributed by atoms with Crippen LogP contribution in [0, 0.1) is 12.8 Å². The standard InChI is InChI=1S/C23H26N2O2S/c1-15-4-2-3-5-18(15)22-19-11-13-28-20(19)10-12-24(22)21(26)14-25(17-8-9-17)23(27)16-6-7-16/h2-5,11,13,16-17,22H,6-10,12,14H2,1H3/t22-/m0/s1. The van der Waals surface area contributed by atoms with Crippen molar-refractivity contribution in [2.45, 2.75) is 51.1 Å². The predicted octanol–water partition coefficient (Wildman–Crippen LogP) is 3.93. The molecule has 1 atom stereocenters. The van der Waals surface area contributed by atoms with Crippen molar-refractivity contribution >= 4 is 23.2 Å². The van der Waals surface area contributed by atoms with Gasteiger partial charge in [-0.2, -0.15) is 0 Å². The molecular formula is C23H26N2O2S. The van der Waals surface area contributed by atoms with Crippen molar-refractivity contribution in [3.8, 4) is 0 Å². The van der Waals surface area contributed by atoms with Gasteiger partial charge in [0.2, 0.25) is 11.8 Å². The Morgan fingerprint density at radius 3 is 2.61 bits per heavy atom. The molecule has 0 unspecified atom stereocenters. The van der Waals surface area contributed by atoms with Gasteiger partial charge in [0.1, 0.15) is 6.54 Å². The number of fused-ring (bicyclic) bond motifs is 1. The summed E-state index contributed by atoms with van der Waals surface area (Å²) < 4.78 is 0. The van der Waals surface area contributed by atoms with Crippen molar-refractivity contribution in [1.29, 1.82) is 0 Å². The number of nitrogens with zero attached hydrogens (tertiary/aromatic N) is 2. The fourth-order valence-electron chi connectivity index (χ4n) is 4.39. The average Bonchev–Trinajstić information content (AvgIpc) is 3.62. The van der Waals surface area contributed by atoms with Gasteiger partial charge < -0.3 is 9.80 Å². The van der Waals surface area contributed by atoms with Crippen molar-refractivity contribution in [3.63, 3.8) is 0 Å². The van der Waals surface area contributed by atoms with E-state index in [1.807, 2.05) is 15.9 Å². The zero-order valence-corrected chi connectivity index (χ0v) is 17.1. The number of benzene rings is 1. The smallest absolute Gasteiger partial charge is 0.243 e. The van der Waals surface area contributed by atoms with Gasteiger partial charge in [0.05, 0.1) is 6.04 Å². The minimum absolute atomic E-state index is 0.0409. The van der Waals surface area contributed by atoms with E-state index in [1.165, 1.54) is 21.6 Å². The zero-order chi connectivity index (χ0) is 19.3. The molecule has 28 heavy (non-hydrogen) atoms. The first-order valence-corrected chi connectivity index (χ1v) is 11.2. The molecule has 2 aliphatic carbocycles. The zero-order valence-electron chi connectivity index (χ0n) is 16.3. The molecule has 2 saturated carbocycles. The highest BCUT2D eigenvalue weighted by Gasteiger charge is 2.42. The lowest BCUT2D eigenvalue weighted by molar-refractivity contribution is -0.143. The van der Waals surface area contributed by atoms with Crippen molar-refractivity contribution in [1.82, 2.24) is 9.80 Å². The average molecular weight is 395 g/mol. The molecule has 5 heteroatoms. The van der Waals surface area contributed by atoms with Crippen LogP contribution in [0.25, 0.3) is 0 Å². The molecule has 0 radical (unpaired) electrons. The van der Waals surface area contributed by atoms with Crippen molar-refractivity contribution in [2.75, 3.05) is 13.1 Å². The highest BCUT2D eigenvalue weighted by Crippen LogP contribution is 2.40. The highest BCUT2D eigenvalue weighted by molar-refractivity contribution is 7.10. The van der Waals surface area contributed by atoms with Crippen LogP contribution in [0.2, 0.25) is 0 Å². The third-order valence-electron chi connectivity index (χ3n) is 6.27. The fraction of sp³-hybridized carbons (Fsp3) is 0.478. The van der Waals surface area contributed by atoms with Crippen LogP contribution in [0.3, 0.4) is 0 Å². The Balaban J connectivity index is 1.44. The van der Waals surface area contributed by atoms with Gasteiger partial charge in [0.15, 0.2) is 0 Å². The maximum atomic E-state index is 13.5. The largest absolute Gasteiger partial charge is 0.330 e. The van der Waals surface area contributed by atoms with Gasteiger partial charge in [-0.15, -0.1) is 11.3 Å². The molecule has 0 saturated heterocycles. The second kappa shape index (κ2) is 7.03. The Kier molecular flexibility index (Phi) is 4.50. The fourth-order valence-corrected chi connectivity index (χ4v) is 5.29. The van der Waals surface area contributed by atoms with Crippen molar-refractivity contribution < 1.29 is 9.59 Å². The Morgan fingerprint density at radius 2 is 1.89 bits per heavy atom. The molecule has 1 aromatic carbocycles. The van der Waals surface area contributed by atoms with Crippen molar-refractivity contribution in [2.24, 2.45) is 5.92 Å². The topological polar surface area (TPSA) is 40.6 Å². The highest BCUT2D eigenvalue weighted by atomic mass is 32.1. The van der Waals surface area contributed by atoms with E-state index in [-0.39, 0.29) is 36.4 Å². The van der Waals surface area contributed by atoms with E-state index in [2.05, 4.69) is 36.6 Å². The Bertz CT molecular complexity index is 913. The van der Waals surface area contributed by atoms with Gasteiger partial charge in [0.25, 0.3) is 0 Å². The molecule has 4 nitrogen and oxygen atoms in total. The summed E-state index contributed by atoms with van der Waals surface area (Å²) in [4.78, 5) is 31.5. The van der Waals surface area contributed by atoms with Gasteiger partial charge in [0, 0.05) is 23.4 Å². The molecule has 146 valence electrons. The molecule has 5 rings (SSSR count). The third kappa shape index (κ3) is 3.26. The van der Waals surface area contributed by atoms with Gasteiger partial charge in [-0.1, -0.05) is 24.3 Å². The molecule has 1 aliphatic heterocycles. The molecule has 0 N–H and O–H groups in total. The molecule has 2 fully saturated rings. The Labute approximate surface area is 170 Å². The third-order valence-corrected chi connectivity index (χ3v) is 7.27. The molecule has 0 bridgehead atoms. The van der Waals surface area contributed by atoms with Crippen LogP contribution in [0.15, 0.2) is 35.7 Å². The minimum Gasteiger partial charge on any atom is -0.330 e. The maximum absolute atomic E-state index is 13.5. The summed E-state index contributed by atoms with van der Waals surface area (Å²) in [6.45, 7) is 3.08. The van der Waals surface area contributed by atoms with Crippen LogP contribution in [0.1, 0.15) is 53.3 Å². The van der Waals surface area contributed by atoms with E-state index >= 15 is 0 Å². The Morgan fingerprint density at radius 1 is 1.11 bits per heavy atom. The second-order valence-corrected chi connectivity index (χ2v) is 9.37. The van der Waals surface area contributed by atoms with E-state index in [9.17, 15) is 9.59 Å². The van der Waals surface area contributed by atoms with Gasteiger partial charge in [-0.3, -0.25) is 9.59 Å². The van der Waals surface area contributed by atoms with Gasteiger partial charge in [-0.25, -0.2) is 0 Å². The number of rotatable bonds is 5. The van der Waals surface area contributed by atoms with E-state index in [0.29, 0.717) is 0 Å². The van der Waals surface area contributed by atoms with Gasteiger partial charge in [-0.05, 0) is 67.2 Å². The molecule has 2 aromatic rings. The van der Waals surface area contributed by atoms with Crippen LogP contribution in [-0.2, 0) is 16.0 Å². The van der Waals surface area contributed by atoms with E-state index in [4.69, 9.17) is 0 Å². The number of hydrogen-bond acceptors (Lipinski definition) is 3. The van der Waals surface area contributed by atoms with Crippen molar-refractivity contribution in [3.05, 3.63) is 57.3 Å². The first kappa shape index (κ1) is 17.9. The molecule has 3 aliphatic rings. The lowest BCUT2D eigenvalue weighted by Gasteiger charge is -2.38. The monoisotopic (exact) mass is 394 g/mol. The molecule has 2 amide bonds. The van der Waals surface area contributed by atoms with Crippen LogP contribution >= 0.6 is 11.3 Å². The lowest BCUT2D eigenvalue weighted by Crippen LogP contribution is -2.47. The number of amides is 2. The minimum atomic E-state index is -0.0409. The van der Waals surface area contributed by atoms with E-state index < -0.39 is 0 Å². The summed E-state index contributed by atoms with van der Waals surface area (Å²) in [5, 5.41) is 2.14. The maximum Gasteiger partial charge on any atom is 0.243 e. The van der Waals surface area contributed by atoms with Crippen LogP contribution in [-0.4, -0.2) is 40.7 Å². The SMILES string of the molecule is Cc1ccccc1[C@H]1c2ccsc2CCN1C(=O)CN(C(=O)C1CC1)C1CC1. The van der Waals surface area contributed by atoms with E-state index in [1.54, 1.807) is 11.3 Å². The first-order chi connectivity index (χ1) is 13.6. The lowest BCUT2D eigenvalue weighted by atomic mass is 9.90. The normalized spacial score (nSPS) is 21.3. The summed E-state index contributed by atoms with van der Waals surface area (Å²) in [7, 11) is 0. The number of thiophene rings is 1. The summed E-state index contributed by atoms with van der Waals surface area (Å²) in [6.07, 6.45) is 4.97. The predicted molar refractivity (Wildman–Crippen MR) is 110 cm³/mol. The molecule has 1 aromatic heterocycles.